The molecule has 0 bridgehead atoms. The molecule has 2 saturated heterocycles. The average Bonchev–Trinajstić information content (AvgIpc) is 3.45. The van der Waals surface area contributed by atoms with Gasteiger partial charge in [-0.15, -0.1) is 0 Å². The van der Waals surface area contributed by atoms with E-state index < -0.39 is 24.1 Å². The maximum absolute atomic E-state index is 13.3. The van der Waals surface area contributed by atoms with Gasteiger partial charge in [0.25, 0.3) is 0 Å². The Hall–Kier alpha value is -2.16. The van der Waals surface area contributed by atoms with Gasteiger partial charge in [-0.25, -0.2) is 0 Å². The Bertz CT molecular complexity index is 896. The molecule has 9 heteroatoms. The molecule has 2 aliphatic heterocycles. The first-order valence-electron chi connectivity index (χ1n) is 11.0. The van der Waals surface area contributed by atoms with Crippen molar-refractivity contribution in [2.45, 2.75) is 64.1 Å². The molecule has 1 unspecified atom stereocenters. The zero-order valence-corrected chi connectivity index (χ0v) is 18.6. The number of amides is 1. The minimum absolute atomic E-state index is 0.0268. The van der Waals surface area contributed by atoms with Crippen molar-refractivity contribution in [3.8, 4) is 5.75 Å². The predicted octanol–water partition coefficient (Wildman–Crippen LogP) is 4.14. The lowest BCUT2D eigenvalue weighted by atomic mass is 9.73. The molecule has 0 radical (unpaired) electrons. The topological polar surface area (TPSA) is 68.7 Å². The van der Waals surface area contributed by atoms with Crippen LogP contribution in [0.2, 0.25) is 0 Å². The van der Waals surface area contributed by atoms with Gasteiger partial charge in [0.05, 0.1) is 24.7 Å². The van der Waals surface area contributed by atoms with E-state index in [9.17, 15) is 22.8 Å². The minimum Gasteiger partial charge on any atom is -0.484 e. The monoisotopic (exact) mass is 454 g/mol. The van der Waals surface area contributed by atoms with E-state index in [1.807, 2.05) is 25.7 Å². The molecule has 32 heavy (non-hydrogen) atoms. The molecule has 1 atom stereocenters. The highest BCUT2D eigenvalue weighted by Gasteiger charge is 2.55. The smallest absolute Gasteiger partial charge is 0.422 e. The summed E-state index contributed by atoms with van der Waals surface area (Å²) in [4.78, 5) is 32.5. The van der Waals surface area contributed by atoms with Gasteiger partial charge < -0.3 is 14.4 Å². The van der Waals surface area contributed by atoms with Crippen molar-refractivity contribution >= 4 is 11.7 Å². The Morgan fingerprint density at radius 1 is 1.28 bits per heavy atom. The molecule has 1 amide bonds. The molecule has 0 N–H and O–H groups in total. The van der Waals surface area contributed by atoms with E-state index in [2.05, 4.69) is 4.98 Å². The SMILES string of the molecule is CC(C)(C)C(CC(=O)c1cc(OCC(F)(F)F)c(C2CC2)cn1)C(=O)N1CCC12COC2. The third-order valence-electron chi connectivity index (χ3n) is 6.70. The van der Waals surface area contributed by atoms with E-state index in [0.29, 0.717) is 25.3 Å². The Kier molecular flexibility index (Phi) is 5.76. The predicted molar refractivity (Wildman–Crippen MR) is 110 cm³/mol. The summed E-state index contributed by atoms with van der Waals surface area (Å²) >= 11 is 0. The van der Waals surface area contributed by atoms with Gasteiger partial charge in [0, 0.05) is 30.8 Å². The van der Waals surface area contributed by atoms with Gasteiger partial charge >= 0.3 is 6.18 Å². The van der Waals surface area contributed by atoms with Gasteiger partial charge in [0.15, 0.2) is 12.4 Å². The molecule has 0 aromatic carbocycles. The third kappa shape index (κ3) is 4.63. The summed E-state index contributed by atoms with van der Waals surface area (Å²) in [5.74, 6) is -0.862. The first-order chi connectivity index (χ1) is 14.9. The number of aromatic nitrogens is 1. The molecule has 1 aliphatic carbocycles. The quantitative estimate of drug-likeness (QED) is 0.580. The maximum atomic E-state index is 13.3. The fourth-order valence-corrected chi connectivity index (χ4v) is 4.35. The summed E-state index contributed by atoms with van der Waals surface area (Å²) in [5, 5.41) is 0. The fourth-order valence-electron chi connectivity index (χ4n) is 4.35. The zero-order valence-electron chi connectivity index (χ0n) is 18.6. The van der Waals surface area contributed by atoms with Crippen LogP contribution >= 0.6 is 0 Å². The van der Waals surface area contributed by atoms with Gasteiger partial charge in [-0.05, 0) is 30.6 Å². The Morgan fingerprint density at radius 3 is 2.44 bits per heavy atom. The van der Waals surface area contributed by atoms with E-state index in [-0.39, 0.29) is 41.0 Å². The first-order valence-corrected chi connectivity index (χ1v) is 11.0. The molecule has 1 aromatic heterocycles. The van der Waals surface area contributed by atoms with Crippen molar-refractivity contribution < 1.29 is 32.2 Å². The molecule has 3 fully saturated rings. The van der Waals surface area contributed by atoms with Crippen LogP contribution in [0.25, 0.3) is 0 Å². The van der Waals surface area contributed by atoms with Crippen molar-refractivity contribution in [1.82, 2.24) is 9.88 Å². The molecule has 6 nitrogen and oxygen atoms in total. The van der Waals surface area contributed by atoms with Gasteiger partial charge in [-0.2, -0.15) is 13.2 Å². The lowest BCUT2D eigenvalue weighted by Crippen LogP contribution is -2.73. The van der Waals surface area contributed by atoms with Gasteiger partial charge in [0.1, 0.15) is 11.4 Å². The Morgan fingerprint density at radius 2 is 1.97 bits per heavy atom. The minimum atomic E-state index is -4.48. The second kappa shape index (κ2) is 8.01. The number of pyridine rings is 1. The number of ether oxygens (including phenoxy) is 2. The van der Waals surface area contributed by atoms with Gasteiger partial charge in [0.2, 0.25) is 5.91 Å². The molecular formula is C23H29F3N2O4. The van der Waals surface area contributed by atoms with Crippen molar-refractivity contribution in [1.29, 1.82) is 0 Å². The van der Waals surface area contributed by atoms with Crippen LogP contribution in [-0.4, -0.2) is 59.7 Å². The normalized spacial score (nSPS) is 21.0. The zero-order chi connectivity index (χ0) is 23.3. The van der Waals surface area contributed by atoms with Crippen molar-refractivity contribution in [2.75, 3.05) is 26.4 Å². The number of likely N-dealkylation sites (tertiary alicyclic amines) is 1. The third-order valence-corrected chi connectivity index (χ3v) is 6.70. The van der Waals surface area contributed by atoms with Crippen molar-refractivity contribution in [2.24, 2.45) is 11.3 Å². The number of halogens is 3. The molecule has 3 heterocycles. The molecule has 3 aliphatic rings. The van der Waals surface area contributed by atoms with Crippen LogP contribution in [0, 0.1) is 11.3 Å². The molecule has 4 rings (SSSR count). The van der Waals surface area contributed by atoms with Crippen LogP contribution in [-0.2, 0) is 9.53 Å². The number of nitrogens with zero attached hydrogens (tertiary/aromatic N) is 2. The van der Waals surface area contributed by atoms with Crippen molar-refractivity contribution in [3.63, 3.8) is 0 Å². The number of Topliss-reactive ketones (excluding diaryl/α,β-unsaturated/α-hetero) is 1. The second-order valence-electron chi connectivity index (χ2n) is 10.3. The number of carbonyl (C=O) groups excluding carboxylic acids is 2. The summed E-state index contributed by atoms with van der Waals surface area (Å²) in [6, 6.07) is 1.30. The summed E-state index contributed by atoms with van der Waals surface area (Å²) in [5.41, 5.74) is -0.0786. The van der Waals surface area contributed by atoms with E-state index in [0.717, 1.165) is 19.3 Å². The van der Waals surface area contributed by atoms with Crippen LogP contribution in [0.5, 0.6) is 5.75 Å². The number of rotatable bonds is 7. The lowest BCUT2D eigenvalue weighted by Gasteiger charge is -2.58. The summed E-state index contributed by atoms with van der Waals surface area (Å²) in [7, 11) is 0. The number of hydrogen-bond donors (Lipinski definition) is 0. The van der Waals surface area contributed by atoms with Crippen molar-refractivity contribution in [3.05, 3.63) is 23.5 Å². The van der Waals surface area contributed by atoms with Gasteiger partial charge in [-0.1, -0.05) is 20.8 Å². The second-order valence-corrected chi connectivity index (χ2v) is 10.3. The fraction of sp³-hybridized carbons (Fsp3) is 0.696. The number of alkyl halides is 3. The van der Waals surface area contributed by atoms with E-state index in [1.54, 1.807) is 0 Å². The van der Waals surface area contributed by atoms with Crippen LogP contribution in [0.4, 0.5) is 13.2 Å². The van der Waals surface area contributed by atoms with Crippen LogP contribution in [0.15, 0.2) is 12.3 Å². The number of ketones is 1. The van der Waals surface area contributed by atoms with Crippen LogP contribution in [0.1, 0.15) is 68.4 Å². The van der Waals surface area contributed by atoms with Gasteiger partial charge in [-0.3, -0.25) is 14.6 Å². The summed E-state index contributed by atoms with van der Waals surface area (Å²) < 4.78 is 48.4. The highest BCUT2D eigenvalue weighted by Crippen LogP contribution is 2.45. The molecule has 1 spiro atoms. The van der Waals surface area contributed by atoms with Crippen LogP contribution in [0.3, 0.4) is 0 Å². The summed E-state index contributed by atoms with van der Waals surface area (Å²) in [6.45, 7) is 6.00. The highest BCUT2D eigenvalue weighted by atomic mass is 19.4. The number of carbonyl (C=O) groups is 2. The molecular weight excluding hydrogens is 425 g/mol. The van der Waals surface area contributed by atoms with Crippen LogP contribution < -0.4 is 4.74 Å². The maximum Gasteiger partial charge on any atom is 0.422 e. The molecule has 1 aromatic rings. The highest BCUT2D eigenvalue weighted by molar-refractivity contribution is 5.98. The average molecular weight is 454 g/mol. The largest absolute Gasteiger partial charge is 0.484 e. The lowest BCUT2D eigenvalue weighted by molar-refractivity contribution is -0.204. The number of hydrogen-bond acceptors (Lipinski definition) is 5. The Balaban J connectivity index is 1.52. The standard InChI is InChI=1S/C23H29F3N2O4/c1-21(2,3)16(20(30)28-7-6-22(28)11-31-12-22)8-18(29)17-9-19(32-13-23(24,25)26)15(10-27-17)14-4-5-14/h9-10,14,16H,4-8,11-13H2,1-3H3. The Labute approximate surface area is 185 Å². The van der Waals surface area contributed by atoms with E-state index in [4.69, 9.17) is 9.47 Å². The van der Waals surface area contributed by atoms with E-state index in [1.165, 1.54) is 12.3 Å². The summed E-state index contributed by atoms with van der Waals surface area (Å²) in [6.07, 6.45) is -0.479. The first kappa shape index (κ1) is 23.0. The molecule has 1 saturated carbocycles. The molecule has 176 valence electrons. The van der Waals surface area contributed by atoms with E-state index >= 15 is 0 Å².